The van der Waals surface area contributed by atoms with Gasteiger partial charge in [0.25, 0.3) is 5.69 Å². The Morgan fingerprint density at radius 3 is 2.76 bits per heavy atom. The normalized spacial score (nSPS) is 10.5. The van der Waals surface area contributed by atoms with Gasteiger partial charge in [0.05, 0.1) is 16.2 Å². The fourth-order valence-corrected chi connectivity index (χ4v) is 2.02. The van der Waals surface area contributed by atoms with Crippen LogP contribution in [0.4, 0.5) is 11.5 Å². The van der Waals surface area contributed by atoms with Crippen molar-refractivity contribution in [2.75, 3.05) is 5.73 Å². The van der Waals surface area contributed by atoms with E-state index in [0.717, 1.165) is 0 Å². The fourth-order valence-electron chi connectivity index (χ4n) is 2.02. The van der Waals surface area contributed by atoms with E-state index in [0.29, 0.717) is 22.6 Å². The van der Waals surface area contributed by atoms with E-state index in [1.807, 2.05) is 6.07 Å². The van der Waals surface area contributed by atoms with Crippen molar-refractivity contribution < 1.29 is 9.45 Å². The predicted octanol–water partition coefficient (Wildman–Crippen LogP) is 2.89. The van der Waals surface area contributed by atoms with Crippen molar-refractivity contribution in [1.82, 2.24) is 10.1 Å². The van der Waals surface area contributed by atoms with Crippen LogP contribution in [-0.2, 0) is 0 Å². The zero-order valence-electron chi connectivity index (χ0n) is 10.8. The molecular weight excluding hydrogens is 272 g/mol. The molecule has 0 saturated carbocycles. The minimum Gasteiger partial charge on any atom is -0.380 e. The largest absolute Gasteiger partial charge is 0.380 e. The van der Waals surface area contributed by atoms with E-state index in [2.05, 4.69) is 10.1 Å². The maximum Gasteiger partial charge on any atom is 0.270 e. The highest BCUT2D eigenvalue weighted by Gasteiger charge is 2.20. The average Bonchev–Trinajstić information content (AvgIpc) is 2.90. The maximum atomic E-state index is 10.9. The summed E-state index contributed by atoms with van der Waals surface area (Å²) in [5.74, 6) is 0.546. The van der Waals surface area contributed by atoms with Crippen LogP contribution >= 0.6 is 0 Å². The molecule has 2 N–H and O–H groups in total. The number of nitro groups is 1. The molecule has 0 aliphatic rings. The molecule has 3 aromatic rings. The molecule has 0 spiro atoms. The van der Waals surface area contributed by atoms with Gasteiger partial charge < -0.3 is 10.3 Å². The number of aromatic nitrogens is 2. The lowest BCUT2D eigenvalue weighted by Gasteiger charge is -2.01. The molecule has 0 aliphatic heterocycles. The molecule has 2 aromatic heterocycles. The Labute approximate surface area is 119 Å². The molecule has 7 nitrogen and oxygen atoms in total. The highest BCUT2D eigenvalue weighted by molar-refractivity contribution is 5.85. The van der Waals surface area contributed by atoms with E-state index in [-0.39, 0.29) is 11.5 Å². The SMILES string of the molecule is Nc1noc(-c2cccc([N+](=O)[O-])c2)c1-c1ccccn1. The van der Waals surface area contributed by atoms with Crippen LogP contribution in [0.1, 0.15) is 0 Å². The van der Waals surface area contributed by atoms with Crippen molar-refractivity contribution in [2.45, 2.75) is 0 Å². The minimum atomic E-state index is -0.469. The van der Waals surface area contributed by atoms with Crippen molar-refractivity contribution in [3.63, 3.8) is 0 Å². The molecule has 0 radical (unpaired) electrons. The molecule has 0 atom stereocenters. The lowest BCUT2D eigenvalue weighted by Crippen LogP contribution is -1.91. The number of rotatable bonds is 3. The van der Waals surface area contributed by atoms with Crippen LogP contribution in [0, 0.1) is 10.1 Å². The number of hydrogen-bond donors (Lipinski definition) is 1. The van der Waals surface area contributed by atoms with Crippen molar-refractivity contribution in [3.05, 3.63) is 58.8 Å². The monoisotopic (exact) mass is 282 g/mol. The summed E-state index contributed by atoms with van der Waals surface area (Å²) in [5.41, 5.74) is 7.44. The third-order valence-electron chi connectivity index (χ3n) is 2.96. The van der Waals surface area contributed by atoms with Gasteiger partial charge in [0.2, 0.25) is 0 Å². The van der Waals surface area contributed by atoms with E-state index in [9.17, 15) is 10.1 Å². The van der Waals surface area contributed by atoms with Crippen LogP contribution in [0.5, 0.6) is 0 Å². The second kappa shape index (κ2) is 5.04. The first-order valence-corrected chi connectivity index (χ1v) is 6.08. The van der Waals surface area contributed by atoms with Crippen LogP contribution in [0.3, 0.4) is 0 Å². The Bertz CT molecular complexity index is 799. The first-order valence-electron chi connectivity index (χ1n) is 6.08. The van der Waals surface area contributed by atoms with Crippen molar-refractivity contribution >= 4 is 11.5 Å². The molecule has 7 heteroatoms. The lowest BCUT2D eigenvalue weighted by atomic mass is 10.0. The van der Waals surface area contributed by atoms with E-state index in [1.165, 1.54) is 12.1 Å². The summed E-state index contributed by atoms with van der Waals surface area (Å²) in [6, 6.07) is 11.4. The quantitative estimate of drug-likeness (QED) is 0.584. The molecule has 2 heterocycles. The topological polar surface area (TPSA) is 108 Å². The fraction of sp³-hybridized carbons (Fsp3) is 0. The molecule has 104 valence electrons. The standard InChI is InChI=1S/C14H10N4O3/c15-14-12(11-6-1-2-7-16-11)13(21-17-14)9-4-3-5-10(8-9)18(19)20/h1-8H,(H2,15,17). The van der Waals surface area contributed by atoms with Gasteiger partial charge >= 0.3 is 0 Å². The average molecular weight is 282 g/mol. The number of nitro benzene ring substituents is 1. The van der Waals surface area contributed by atoms with E-state index in [4.69, 9.17) is 10.3 Å². The zero-order valence-corrected chi connectivity index (χ0v) is 10.8. The Hall–Kier alpha value is -3.22. The van der Waals surface area contributed by atoms with Crippen molar-refractivity contribution in [2.24, 2.45) is 0 Å². The van der Waals surface area contributed by atoms with Gasteiger partial charge in [-0.1, -0.05) is 23.4 Å². The molecule has 1 aromatic carbocycles. The number of pyridine rings is 1. The second-order valence-electron chi connectivity index (χ2n) is 4.29. The van der Waals surface area contributed by atoms with Crippen LogP contribution in [0.25, 0.3) is 22.6 Å². The van der Waals surface area contributed by atoms with Crippen molar-refractivity contribution in [1.29, 1.82) is 0 Å². The summed E-state index contributed by atoms with van der Waals surface area (Å²) >= 11 is 0. The lowest BCUT2D eigenvalue weighted by molar-refractivity contribution is -0.384. The third-order valence-corrected chi connectivity index (χ3v) is 2.96. The third kappa shape index (κ3) is 2.32. The predicted molar refractivity (Wildman–Crippen MR) is 76.2 cm³/mol. The van der Waals surface area contributed by atoms with E-state index < -0.39 is 4.92 Å². The van der Waals surface area contributed by atoms with E-state index >= 15 is 0 Å². The summed E-state index contributed by atoms with van der Waals surface area (Å²) in [5, 5.41) is 14.6. The Balaban J connectivity index is 2.17. The van der Waals surface area contributed by atoms with Crippen molar-refractivity contribution in [3.8, 4) is 22.6 Å². The number of nitrogens with two attached hydrogens (primary N) is 1. The molecular formula is C14H10N4O3. The van der Waals surface area contributed by atoms with Gasteiger partial charge in [0, 0.05) is 23.9 Å². The summed E-state index contributed by atoms with van der Waals surface area (Å²) in [7, 11) is 0. The number of non-ortho nitro benzene ring substituents is 1. The first kappa shape index (κ1) is 12.8. The summed E-state index contributed by atoms with van der Waals surface area (Å²) in [6.45, 7) is 0. The van der Waals surface area contributed by atoms with Crippen LogP contribution < -0.4 is 5.73 Å². The molecule has 0 aliphatic carbocycles. The smallest absolute Gasteiger partial charge is 0.270 e. The highest BCUT2D eigenvalue weighted by atomic mass is 16.6. The van der Waals surface area contributed by atoms with E-state index in [1.54, 1.807) is 30.5 Å². The van der Waals surface area contributed by atoms with Gasteiger partial charge in [0.15, 0.2) is 11.6 Å². The number of benzene rings is 1. The molecule has 0 bridgehead atoms. The highest BCUT2D eigenvalue weighted by Crippen LogP contribution is 2.36. The summed E-state index contributed by atoms with van der Waals surface area (Å²) in [6.07, 6.45) is 1.62. The molecule has 0 saturated heterocycles. The van der Waals surface area contributed by atoms with Gasteiger partial charge in [0.1, 0.15) is 0 Å². The maximum absolute atomic E-state index is 10.9. The Morgan fingerprint density at radius 1 is 1.19 bits per heavy atom. The molecule has 0 unspecified atom stereocenters. The zero-order chi connectivity index (χ0) is 14.8. The van der Waals surface area contributed by atoms with Gasteiger partial charge in [-0.25, -0.2) is 0 Å². The van der Waals surface area contributed by atoms with Gasteiger partial charge in [-0.3, -0.25) is 15.1 Å². The first-order chi connectivity index (χ1) is 10.2. The molecule has 3 rings (SSSR count). The number of anilines is 1. The number of nitrogens with zero attached hydrogens (tertiary/aromatic N) is 3. The van der Waals surface area contributed by atoms with Crippen LogP contribution in [0.15, 0.2) is 53.2 Å². The summed E-state index contributed by atoms with van der Waals surface area (Å²) in [4.78, 5) is 14.6. The number of nitrogen functional groups attached to an aromatic ring is 1. The van der Waals surface area contributed by atoms with Gasteiger partial charge in [-0.15, -0.1) is 0 Å². The van der Waals surface area contributed by atoms with Crippen LogP contribution in [-0.4, -0.2) is 15.1 Å². The summed E-state index contributed by atoms with van der Waals surface area (Å²) < 4.78 is 5.23. The molecule has 21 heavy (non-hydrogen) atoms. The number of hydrogen-bond acceptors (Lipinski definition) is 6. The Kier molecular flexibility index (Phi) is 3.07. The van der Waals surface area contributed by atoms with Crippen LogP contribution in [0.2, 0.25) is 0 Å². The molecule has 0 amide bonds. The second-order valence-corrected chi connectivity index (χ2v) is 4.29. The van der Waals surface area contributed by atoms with Gasteiger partial charge in [-0.05, 0) is 12.1 Å². The minimum absolute atomic E-state index is 0.0329. The molecule has 0 fully saturated rings. The van der Waals surface area contributed by atoms with Gasteiger partial charge in [-0.2, -0.15) is 0 Å². The Morgan fingerprint density at radius 2 is 2.05 bits per heavy atom.